The molecule has 0 fully saturated rings. The SMILES string of the molecule is CCOP(=O)(OCC)OCCCCCCCCCCCN=C(NC#N)Nc1ccncc1. The van der Waals surface area contributed by atoms with Gasteiger partial charge in [-0.25, -0.2) is 4.57 Å². The molecule has 0 saturated carbocycles. The van der Waals surface area contributed by atoms with E-state index >= 15 is 0 Å². The van der Waals surface area contributed by atoms with Gasteiger partial charge in [0, 0.05) is 24.6 Å². The zero-order valence-corrected chi connectivity index (χ0v) is 20.3. The first-order valence-electron chi connectivity index (χ1n) is 11.5. The molecule has 1 heterocycles. The minimum absolute atomic E-state index is 0.310. The van der Waals surface area contributed by atoms with Crippen LogP contribution in [0.1, 0.15) is 71.6 Å². The molecule has 0 saturated heterocycles. The van der Waals surface area contributed by atoms with Crippen LogP contribution in [-0.4, -0.2) is 37.3 Å². The summed E-state index contributed by atoms with van der Waals surface area (Å²) in [5.41, 5.74) is 0.839. The molecule has 0 aromatic carbocycles. The average molecular weight is 468 g/mol. The van der Waals surface area contributed by atoms with E-state index in [0.717, 1.165) is 37.8 Å². The van der Waals surface area contributed by atoms with E-state index in [0.29, 0.717) is 32.3 Å². The topological polar surface area (TPSA) is 118 Å². The van der Waals surface area contributed by atoms with Crippen LogP contribution < -0.4 is 10.6 Å². The first-order valence-corrected chi connectivity index (χ1v) is 13.0. The van der Waals surface area contributed by atoms with E-state index in [2.05, 4.69) is 20.6 Å². The predicted molar refractivity (Wildman–Crippen MR) is 127 cm³/mol. The van der Waals surface area contributed by atoms with Crippen molar-refractivity contribution < 1.29 is 18.1 Å². The molecular formula is C22H38N5O4P. The summed E-state index contributed by atoms with van der Waals surface area (Å²) in [4.78, 5) is 8.39. The fourth-order valence-corrected chi connectivity index (χ4v) is 4.19. The molecule has 0 aliphatic heterocycles. The number of hydrogen-bond acceptors (Lipinski definition) is 7. The number of nitriles is 1. The van der Waals surface area contributed by atoms with Gasteiger partial charge in [-0.15, -0.1) is 0 Å². The highest BCUT2D eigenvalue weighted by Crippen LogP contribution is 2.49. The normalized spacial score (nSPS) is 11.8. The number of phosphoric ester groups is 1. The monoisotopic (exact) mass is 467 g/mol. The molecule has 1 rings (SSSR count). The Morgan fingerprint density at radius 2 is 1.53 bits per heavy atom. The maximum atomic E-state index is 12.1. The molecule has 0 aliphatic carbocycles. The van der Waals surface area contributed by atoms with Crippen molar-refractivity contribution in [3.05, 3.63) is 24.5 Å². The second kappa shape index (κ2) is 18.6. The van der Waals surface area contributed by atoms with Crippen LogP contribution in [-0.2, 0) is 18.1 Å². The van der Waals surface area contributed by atoms with E-state index in [9.17, 15) is 4.57 Å². The number of aliphatic imine (C=N–C) groups is 1. The number of unbranched alkanes of at least 4 members (excludes halogenated alkanes) is 8. The zero-order chi connectivity index (χ0) is 23.3. The molecule has 0 aliphatic rings. The van der Waals surface area contributed by atoms with Crippen LogP contribution in [0, 0.1) is 11.5 Å². The lowest BCUT2D eigenvalue weighted by atomic mass is 10.1. The van der Waals surface area contributed by atoms with Crippen molar-refractivity contribution in [2.75, 3.05) is 31.7 Å². The third kappa shape index (κ3) is 14.2. The third-order valence-electron chi connectivity index (χ3n) is 4.51. The molecular weight excluding hydrogens is 429 g/mol. The van der Waals surface area contributed by atoms with E-state index in [1.165, 1.54) is 25.7 Å². The van der Waals surface area contributed by atoms with E-state index in [4.69, 9.17) is 18.8 Å². The van der Waals surface area contributed by atoms with Gasteiger partial charge in [0.2, 0.25) is 5.96 Å². The average Bonchev–Trinajstić information content (AvgIpc) is 2.78. The molecule has 1 aromatic rings. The highest BCUT2D eigenvalue weighted by molar-refractivity contribution is 7.48. The summed E-state index contributed by atoms with van der Waals surface area (Å²) in [6, 6.07) is 3.64. The molecule has 1 aromatic heterocycles. The van der Waals surface area contributed by atoms with Gasteiger partial charge in [-0.3, -0.25) is 28.9 Å². The van der Waals surface area contributed by atoms with Gasteiger partial charge in [0.25, 0.3) is 0 Å². The first kappa shape index (κ1) is 28.1. The number of nitrogens with zero attached hydrogens (tertiary/aromatic N) is 3. The summed E-state index contributed by atoms with van der Waals surface area (Å²) in [5.74, 6) is 0.460. The van der Waals surface area contributed by atoms with E-state index in [1.807, 2.05) is 18.3 Å². The predicted octanol–water partition coefficient (Wildman–Crippen LogP) is 5.63. The Hall–Kier alpha value is -1.98. The van der Waals surface area contributed by atoms with Gasteiger partial charge in [-0.05, 0) is 38.8 Å². The van der Waals surface area contributed by atoms with Crippen molar-refractivity contribution >= 4 is 19.5 Å². The summed E-state index contributed by atoms with van der Waals surface area (Å²) in [6.45, 7) is 5.24. The van der Waals surface area contributed by atoms with Crippen LogP contribution in [0.4, 0.5) is 5.69 Å². The Kier molecular flexibility index (Phi) is 16.3. The van der Waals surface area contributed by atoms with Crippen LogP contribution >= 0.6 is 7.82 Å². The van der Waals surface area contributed by atoms with Crippen molar-refractivity contribution in [1.29, 1.82) is 5.26 Å². The Bertz CT molecular complexity index is 702. The van der Waals surface area contributed by atoms with Gasteiger partial charge >= 0.3 is 7.82 Å². The van der Waals surface area contributed by atoms with Crippen LogP contribution in [0.15, 0.2) is 29.5 Å². The number of phosphoric acid groups is 1. The standard InChI is InChI=1S/C22H38N5O4P/c1-3-29-32(28,30-4-2)31-19-13-11-9-7-5-6-8-10-12-16-25-22(26-20-23)27-21-14-17-24-18-15-21/h14-15,17-18H,3-13,16,19H2,1-2H3,(H2,24,25,26,27). The van der Waals surface area contributed by atoms with Crippen LogP contribution in [0.5, 0.6) is 0 Å². The first-order chi connectivity index (χ1) is 15.6. The molecule has 2 N–H and O–H groups in total. The van der Waals surface area contributed by atoms with Crippen molar-refractivity contribution in [3.8, 4) is 6.19 Å². The molecule has 0 radical (unpaired) electrons. The Morgan fingerprint density at radius 3 is 2.09 bits per heavy atom. The maximum Gasteiger partial charge on any atom is 0.474 e. The lowest BCUT2D eigenvalue weighted by Gasteiger charge is -2.16. The smallest absolute Gasteiger partial charge is 0.325 e. The zero-order valence-electron chi connectivity index (χ0n) is 19.4. The molecule has 32 heavy (non-hydrogen) atoms. The molecule has 0 unspecified atom stereocenters. The third-order valence-corrected chi connectivity index (χ3v) is 6.16. The van der Waals surface area contributed by atoms with E-state index in [-0.39, 0.29) is 0 Å². The van der Waals surface area contributed by atoms with Gasteiger partial charge < -0.3 is 5.32 Å². The van der Waals surface area contributed by atoms with Gasteiger partial charge in [-0.1, -0.05) is 44.9 Å². The molecule has 0 amide bonds. The number of anilines is 1. The fourth-order valence-electron chi connectivity index (χ4n) is 2.98. The molecule has 0 spiro atoms. The second-order valence-corrected chi connectivity index (χ2v) is 8.80. The summed E-state index contributed by atoms with van der Waals surface area (Å²) in [7, 11) is -3.36. The van der Waals surface area contributed by atoms with Crippen molar-refractivity contribution in [3.63, 3.8) is 0 Å². The van der Waals surface area contributed by atoms with E-state index in [1.54, 1.807) is 26.2 Å². The van der Waals surface area contributed by atoms with Crippen LogP contribution in [0.25, 0.3) is 0 Å². The number of nitrogens with one attached hydrogen (secondary N) is 2. The number of rotatable bonds is 18. The number of aromatic nitrogens is 1. The number of hydrogen-bond donors (Lipinski definition) is 2. The molecule has 0 atom stereocenters. The Labute approximate surface area is 192 Å². The van der Waals surface area contributed by atoms with Crippen LogP contribution in [0.3, 0.4) is 0 Å². The summed E-state index contributed by atoms with van der Waals surface area (Å²) >= 11 is 0. The molecule has 0 bridgehead atoms. The highest BCUT2D eigenvalue weighted by atomic mass is 31.2. The maximum absolute atomic E-state index is 12.1. The van der Waals surface area contributed by atoms with Crippen molar-refractivity contribution in [2.45, 2.75) is 71.6 Å². The second-order valence-electron chi connectivity index (χ2n) is 7.13. The fraction of sp³-hybridized carbons (Fsp3) is 0.682. The van der Waals surface area contributed by atoms with Gasteiger partial charge in [0.05, 0.1) is 19.8 Å². The largest absolute Gasteiger partial charge is 0.474 e. The van der Waals surface area contributed by atoms with Crippen LogP contribution in [0.2, 0.25) is 0 Å². The summed E-state index contributed by atoms with van der Waals surface area (Å²) < 4.78 is 27.7. The van der Waals surface area contributed by atoms with E-state index < -0.39 is 7.82 Å². The lowest BCUT2D eigenvalue weighted by Crippen LogP contribution is -2.27. The van der Waals surface area contributed by atoms with Crippen molar-refractivity contribution in [2.24, 2.45) is 4.99 Å². The highest BCUT2D eigenvalue weighted by Gasteiger charge is 2.24. The van der Waals surface area contributed by atoms with Gasteiger partial charge in [0.1, 0.15) is 0 Å². The minimum atomic E-state index is -3.36. The molecule has 180 valence electrons. The Balaban J connectivity index is 2.01. The number of pyridine rings is 1. The lowest BCUT2D eigenvalue weighted by molar-refractivity contribution is 0.120. The molecule has 10 heteroatoms. The summed E-state index contributed by atoms with van der Waals surface area (Å²) in [6.07, 6.45) is 15.2. The van der Waals surface area contributed by atoms with Gasteiger partial charge in [0.15, 0.2) is 6.19 Å². The quantitative estimate of drug-likeness (QED) is 0.0712. The Morgan fingerprint density at radius 1 is 0.969 bits per heavy atom. The minimum Gasteiger partial charge on any atom is -0.325 e. The van der Waals surface area contributed by atoms with Gasteiger partial charge in [-0.2, -0.15) is 5.26 Å². The molecule has 9 nitrogen and oxygen atoms in total. The van der Waals surface area contributed by atoms with Crippen molar-refractivity contribution in [1.82, 2.24) is 10.3 Å². The number of guanidine groups is 1. The summed E-state index contributed by atoms with van der Waals surface area (Å²) in [5, 5.41) is 14.5.